The Hall–Kier alpha value is -7.82. The first-order valence-corrected chi connectivity index (χ1v) is 21.9. The zero-order chi connectivity index (χ0) is 49.5. The minimum Gasteiger partial charge on any atom is -0.455 e. The fourth-order valence-electron chi connectivity index (χ4n) is 9.68. The Kier molecular flexibility index (Phi) is 8.17. The summed E-state index contributed by atoms with van der Waals surface area (Å²) in [5, 5.41) is 8.97. The number of fused-ring (bicyclic) bond motifs is 10. The Balaban J connectivity index is 0.000000154. The van der Waals surface area contributed by atoms with Gasteiger partial charge in [0.15, 0.2) is 12.4 Å². The largest absolute Gasteiger partial charge is 0.455 e. The standard InChI is InChI=1S/C31H26NO.C30H24NO/c1-19-9-12-23(13-10-19)26-17-27(32(4)18-21(26)3)29-20(2)11-15-25-30-24-8-6-5-7-22(24)14-16-28(30)33-31(25)29;1-19-13-15-24-29-23-12-8-7-11-22(23)14-16-27(29)32-30(24)28(19)26-17-25(20(2)18-31(26)3)21-9-5-4-6-10-21/h5-18H,1-4H3;4-18H,1-3H3/q2*+1/i3D3;2D3. The quantitative estimate of drug-likeness (QED) is 0.165. The molecule has 12 rings (SSSR count). The van der Waals surface area contributed by atoms with Crippen LogP contribution in [0.15, 0.2) is 185 Å². The molecule has 0 aliphatic heterocycles. The Labute approximate surface area is 387 Å². The number of nitrogens with zero attached hydrogens (tertiary/aromatic N) is 2. The van der Waals surface area contributed by atoms with E-state index in [1.165, 1.54) is 10.8 Å². The Morgan fingerprint density at radius 2 is 0.862 bits per heavy atom. The van der Waals surface area contributed by atoms with Crippen LogP contribution >= 0.6 is 0 Å². The third kappa shape index (κ3) is 6.76. The van der Waals surface area contributed by atoms with Gasteiger partial charge in [0.05, 0.1) is 11.1 Å². The van der Waals surface area contributed by atoms with E-state index in [2.05, 4.69) is 86.6 Å². The molecular formula is C61H50N2O2+2. The molecule has 0 atom stereocenters. The van der Waals surface area contributed by atoms with E-state index in [-0.39, 0.29) is 0 Å². The summed E-state index contributed by atoms with van der Waals surface area (Å²) in [6, 6.07) is 55.1. The Bertz CT molecular complexity index is 4070. The summed E-state index contributed by atoms with van der Waals surface area (Å²) in [6.45, 7) is 1.69. The molecule has 0 N–H and O–H groups in total. The molecular weight excluding hydrogens is 793 g/mol. The molecule has 0 aliphatic carbocycles. The van der Waals surface area contributed by atoms with Crippen LogP contribution in [-0.2, 0) is 14.1 Å². The van der Waals surface area contributed by atoms with E-state index in [1.54, 1.807) is 12.4 Å². The van der Waals surface area contributed by atoms with E-state index in [0.717, 1.165) is 105 Å². The van der Waals surface area contributed by atoms with E-state index in [9.17, 15) is 0 Å². The number of pyridine rings is 2. The van der Waals surface area contributed by atoms with Gasteiger partial charge in [-0.25, -0.2) is 9.13 Å². The summed E-state index contributed by atoms with van der Waals surface area (Å²) in [5.74, 6) is 0. The van der Waals surface area contributed by atoms with Crippen LogP contribution in [0.1, 0.15) is 36.0 Å². The predicted octanol–water partition coefficient (Wildman–Crippen LogP) is 15.3. The third-order valence-electron chi connectivity index (χ3n) is 13.0. The van der Waals surface area contributed by atoms with E-state index in [4.69, 9.17) is 17.1 Å². The molecule has 4 nitrogen and oxygen atoms in total. The van der Waals surface area contributed by atoms with Crippen molar-refractivity contribution in [2.24, 2.45) is 14.1 Å². The van der Waals surface area contributed by atoms with Crippen LogP contribution in [0.25, 0.3) is 110 Å². The van der Waals surface area contributed by atoms with Crippen LogP contribution in [-0.4, -0.2) is 0 Å². The molecule has 0 radical (unpaired) electrons. The normalized spacial score (nSPS) is 13.4. The first-order valence-electron chi connectivity index (χ1n) is 24.9. The van der Waals surface area contributed by atoms with E-state index >= 15 is 0 Å². The number of rotatable bonds is 4. The number of aryl methyl sites for hydroxylation is 7. The van der Waals surface area contributed by atoms with Crippen molar-refractivity contribution in [3.05, 3.63) is 204 Å². The van der Waals surface area contributed by atoms with Gasteiger partial charge in [0, 0.05) is 53.0 Å². The lowest BCUT2D eigenvalue weighted by Gasteiger charge is -2.10. The summed E-state index contributed by atoms with van der Waals surface area (Å²) >= 11 is 0. The molecule has 0 saturated carbocycles. The summed E-state index contributed by atoms with van der Waals surface area (Å²) in [6.07, 6.45) is 3.48. The number of hydrogen-bond acceptors (Lipinski definition) is 2. The maximum atomic E-state index is 8.20. The molecule has 0 unspecified atom stereocenters. The molecule has 4 heterocycles. The lowest BCUT2D eigenvalue weighted by molar-refractivity contribution is -0.660. The van der Waals surface area contributed by atoms with Crippen molar-refractivity contribution in [1.29, 1.82) is 0 Å². The van der Waals surface area contributed by atoms with Gasteiger partial charge in [0.25, 0.3) is 0 Å². The van der Waals surface area contributed by atoms with Crippen LogP contribution in [0, 0.1) is 34.5 Å². The van der Waals surface area contributed by atoms with Crippen LogP contribution in [0.3, 0.4) is 0 Å². The average Bonchev–Trinajstić information content (AvgIpc) is 3.93. The molecule has 0 aliphatic rings. The number of benzene rings is 8. The van der Waals surface area contributed by atoms with Gasteiger partial charge < -0.3 is 8.83 Å². The molecule has 8 aromatic carbocycles. The number of aromatic nitrogens is 2. The van der Waals surface area contributed by atoms with E-state index in [0.29, 0.717) is 22.3 Å². The molecule has 0 amide bonds. The average molecular weight is 849 g/mol. The second-order valence-electron chi connectivity index (χ2n) is 17.2. The minimum atomic E-state index is -2.24. The lowest BCUT2D eigenvalue weighted by Crippen LogP contribution is -2.31. The summed E-state index contributed by atoms with van der Waals surface area (Å²) in [7, 11) is 3.80. The van der Waals surface area contributed by atoms with E-state index < -0.39 is 13.7 Å². The third-order valence-corrected chi connectivity index (χ3v) is 13.0. The van der Waals surface area contributed by atoms with E-state index in [1.807, 2.05) is 121 Å². The van der Waals surface area contributed by atoms with Gasteiger partial charge in [0.2, 0.25) is 11.4 Å². The van der Waals surface area contributed by atoms with Gasteiger partial charge in [-0.15, -0.1) is 0 Å². The molecule has 65 heavy (non-hydrogen) atoms. The fourth-order valence-corrected chi connectivity index (χ4v) is 9.68. The van der Waals surface area contributed by atoms with Crippen LogP contribution < -0.4 is 9.13 Å². The first-order chi connectivity index (χ1) is 34.0. The second-order valence-corrected chi connectivity index (χ2v) is 17.2. The Morgan fingerprint density at radius 1 is 0.415 bits per heavy atom. The van der Waals surface area contributed by atoms with Gasteiger partial charge in [-0.3, -0.25) is 0 Å². The zero-order valence-corrected chi connectivity index (χ0v) is 37.0. The first kappa shape index (κ1) is 33.7. The lowest BCUT2D eigenvalue weighted by atomic mass is 9.95. The van der Waals surface area contributed by atoms with Crippen molar-refractivity contribution in [3.63, 3.8) is 0 Å². The van der Waals surface area contributed by atoms with Gasteiger partial charge in [-0.1, -0.05) is 145 Å². The number of furan rings is 2. The highest BCUT2D eigenvalue weighted by Gasteiger charge is 2.25. The highest BCUT2D eigenvalue weighted by atomic mass is 16.3. The van der Waals surface area contributed by atoms with Crippen LogP contribution in [0.4, 0.5) is 0 Å². The molecule has 0 saturated heterocycles. The molecule has 4 aromatic heterocycles. The van der Waals surface area contributed by atoms with Crippen molar-refractivity contribution in [3.8, 4) is 44.8 Å². The summed E-state index contributed by atoms with van der Waals surface area (Å²) in [4.78, 5) is 0. The van der Waals surface area contributed by atoms with Crippen LogP contribution in [0.2, 0.25) is 0 Å². The SMILES string of the molecule is [2H]C([2H])([2H])c1c[n+](C)c(-c2c(C)ccc3c2oc2ccc4ccccc4c23)cc1-c1ccc(C)cc1.[2H]C([2H])([2H])c1c[n+](C)c(-c2c(C)ccc3c2oc2ccc4ccccc4c23)cc1-c1ccccc1. The van der Waals surface area contributed by atoms with Crippen molar-refractivity contribution in [2.45, 2.75) is 34.5 Å². The zero-order valence-electron chi connectivity index (χ0n) is 43.0. The topological polar surface area (TPSA) is 34.0 Å². The maximum Gasteiger partial charge on any atom is 0.216 e. The summed E-state index contributed by atoms with van der Waals surface area (Å²) < 4.78 is 65.9. The van der Waals surface area contributed by atoms with Crippen molar-refractivity contribution >= 4 is 65.4 Å². The smallest absolute Gasteiger partial charge is 0.216 e. The molecule has 0 spiro atoms. The van der Waals surface area contributed by atoms with Gasteiger partial charge in [-0.05, 0) is 102 Å². The van der Waals surface area contributed by atoms with Crippen molar-refractivity contribution in [2.75, 3.05) is 0 Å². The van der Waals surface area contributed by atoms with Crippen molar-refractivity contribution < 1.29 is 26.2 Å². The monoisotopic (exact) mass is 848 g/mol. The molecule has 4 heteroatoms. The van der Waals surface area contributed by atoms with Crippen LogP contribution in [0.5, 0.6) is 0 Å². The highest BCUT2D eigenvalue weighted by Crippen LogP contribution is 2.43. The highest BCUT2D eigenvalue weighted by molar-refractivity contribution is 6.22. The molecule has 0 fully saturated rings. The van der Waals surface area contributed by atoms with Crippen molar-refractivity contribution in [1.82, 2.24) is 0 Å². The predicted molar refractivity (Wildman–Crippen MR) is 270 cm³/mol. The Morgan fingerprint density at radius 3 is 1.34 bits per heavy atom. The molecule has 0 bridgehead atoms. The summed E-state index contributed by atoms with van der Waals surface area (Å²) in [5.41, 5.74) is 14.2. The van der Waals surface area contributed by atoms with Gasteiger partial charge >= 0.3 is 0 Å². The molecule has 314 valence electrons. The second kappa shape index (κ2) is 15.8. The maximum absolute atomic E-state index is 8.20. The number of hydrogen-bond donors (Lipinski definition) is 0. The van der Waals surface area contributed by atoms with Gasteiger partial charge in [-0.2, -0.15) is 0 Å². The van der Waals surface area contributed by atoms with Gasteiger partial charge in [0.1, 0.15) is 36.4 Å². The molecule has 12 aromatic rings. The minimum absolute atomic E-state index is 0.329. The fraction of sp³-hybridized carbons (Fsp3) is 0.115.